The summed E-state index contributed by atoms with van der Waals surface area (Å²) in [4.78, 5) is 12.1. The van der Waals surface area contributed by atoms with Crippen molar-refractivity contribution in [3.63, 3.8) is 0 Å². The summed E-state index contributed by atoms with van der Waals surface area (Å²) in [6.07, 6.45) is 4.41. The van der Waals surface area contributed by atoms with Gasteiger partial charge in [-0.2, -0.15) is 0 Å². The van der Waals surface area contributed by atoms with Crippen LogP contribution in [0.25, 0.3) is 0 Å². The molecule has 2 aliphatic rings. The van der Waals surface area contributed by atoms with E-state index in [1.54, 1.807) is 0 Å². The molecule has 2 N–H and O–H groups in total. The highest BCUT2D eigenvalue weighted by molar-refractivity contribution is 5.87. The van der Waals surface area contributed by atoms with Gasteiger partial charge < -0.3 is 10.5 Å². The van der Waals surface area contributed by atoms with E-state index in [1.165, 1.54) is 11.1 Å². The second-order valence-corrected chi connectivity index (χ2v) is 5.45. The Morgan fingerprint density at radius 2 is 2.22 bits per heavy atom. The number of carbonyl (C=O) groups is 1. The molecule has 3 rings (SSSR count). The van der Waals surface area contributed by atoms with Crippen LogP contribution in [0.15, 0.2) is 18.2 Å². The molecule has 0 atom stereocenters. The lowest BCUT2D eigenvalue weighted by molar-refractivity contribution is -0.123. The number of hydrogen-bond donors (Lipinski definition) is 1. The van der Waals surface area contributed by atoms with Crippen LogP contribution in [0.4, 0.5) is 0 Å². The van der Waals surface area contributed by atoms with Crippen molar-refractivity contribution in [3.05, 3.63) is 29.3 Å². The molecule has 1 aliphatic heterocycles. The van der Waals surface area contributed by atoms with Gasteiger partial charge in [-0.1, -0.05) is 12.1 Å². The van der Waals surface area contributed by atoms with Crippen LogP contribution in [0.5, 0.6) is 5.75 Å². The molecular formula is C15H19NO2. The fourth-order valence-corrected chi connectivity index (χ4v) is 2.67. The van der Waals surface area contributed by atoms with Crippen molar-refractivity contribution in [2.24, 2.45) is 11.1 Å². The Bertz CT molecular complexity index is 477. The van der Waals surface area contributed by atoms with Crippen LogP contribution >= 0.6 is 0 Å². The second kappa shape index (κ2) is 4.39. The molecule has 1 saturated carbocycles. The Morgan fingerprint density at radius 1 is 1.39 bits per heavy atom. The normalized spacial score (nSPS) is 19.2. The first-order valence-corrected chi connectivity index (χ1v) is 6.71. The van der Waals surface area contributed by atoms with Crippen LogP contribution < -0.4 is 10.5 Å². The van der Waals surface area contributed by atoms with E-state index in [0.29, 0.717) is 18.7 Å². The van der Waals surface area contributed by atoms with Gasteiger partial charge >= 0.3 is 0 Å². The van der Waals surface area contributed by atoms with Crippen LogP contribution in [-0.2, 0) is 17.6 Å². The third kappa shape index (κ3) is 2.03. The van der Waals surface area contributed by atoms with Crippen molar-refractivity contribution in [2.45, 2.75) is 32.1 Å². The highest BCUT2D eigenvalue weighted by atomic mass is 16.5. The summed E-state index contributed by atoms with van der Waals surface area (Å²) < 4.78 is 5.48. The number of benzene rings is 1. The molecule has 96 valence electrons. The van der Waals surface area contributed by atoms with Gasteiger partial charge in [-0.05, 0) is 36.5 Å². The number of carbonyl (C=O) groups excluding carboxylic acids is 1. The quantitative estimate of drug-likeness (QED) is 0.861. The topological polar surface area (TPSA) is 52.3 Å². The zero-order chi connectivity index (χ0) is 12.6. The average molecular weight is 245 g/mol. The zero-order valence-electron chi connectivity index (χ0n) is 10.6. The highest BCUT2D eigenvalue weighted by Crippen LogP contribution is 2.46. The molecule has 0 saturated heterocycles. The monoisotopic (exact) mass is 245 g/mol. The first-order valence-electron chi connectivity index (χ1n) is 6.71. The fraction of sp³-hybridized carbons (Fsp3) is 0.533. The summed E-state index contributed by atoms with van der Waals surface area (Å²) in [5, 5.41) is 0. The van der Waals surface area contributed by atoms with Crippen molar-refractivity contribution in [1.82, 2.24) is 0 Å². The van der Waals surface area contributed by atoms with Gasteiger partial charge in [-0.3, -0.25) is 4.79 Å². The molecule has 0 unspecified atom stereocenters. The van der Waals surface area contributed by atoms with Gasteiger partial charge in [0.25, 0.3) is 0 Å². The zero-order valence-corrected chi connectivity index (χ0v) is 10.6. The van der Waals surface area contributed by atoms with Gasteiger partial charge in [0.15, 0.2) is 0 Å². The Hall–Kier alpha value is -1.35. The summed E-state index contributed by atoms with van der Waals surface area (Å²) in [6, 6.07) is 6.27. The predicted molar refractivity (Wildman–Crippen MR) is 69.7 cm³/mol. The lowest BCUT2D eigenvalue weighted by atomic mass is 9.95. The minimum absolute atomic E-state index is 0.153. The summed E-state index contributed by atoms with van der Waals surface area (Å²) in [5.41, 5.74) is 8.04. The molecule has 3 heteroatoms. The van der Waals surface area contributed by atoms with Crippen LogP contribution in [-0.4, -0.2) is 18.9 Å². The molecule has 0 aromatic heterocycles. The Balaban J connectivity index is 1.62. The maximum atomic E-state index is 12.1. The maximum absolute atomic E-state index is 12.1. The average Bonchev–Trinajstić information content (AvgIpc) is 3.07. The Morgan fingerprint density at radius 3 is 2.94 bits per heavy atom. The van der Waals surface area contributed by atoms with E-state index in [-0.39, 0.29) is 5.41 Å². The number of ether oxygens (including phenoxy) is 1. The number of ketones is 1. The minimum Gasteiger partial charge on any atom is -0.493 e. The number of fused-ring (bicyclic) bond motifs is 1. The van der Waals surface area contributed by atoms with E-state index < -0.39 is 0 Å². The van der Waals surface area contributed by atoms with Crippen LogP contribution in [0.2, 0.25) is 0 Å². The summed E-state index contributed by atoms with van der Waals surface area (Å²) in [5.74, 6) is 1.35. The van der Waals surface area contributed by atoms with Gasteiger partial charge in [-0.15, -0.1) is 0 Å². The third-order valence-electron chi connectivity index (χ3n) is 4.23. The molecule has 1 aromatic rings. The van der Waals surface area contributed by atoms with Gasteiger partial charge in [-0.25, -0.2) is 0 Å². The molecule has 0 radical (unpaired) electrons. The number of Topliss-reactive ketones (excluding diaryl/α,β-unsaturated/α-hetero) is 1. The molecule has 0 bridgehead atoms. The number of rotatable bonds is 5. The highest BCUT2D eigenvalue weighted by Gasteiger charge is 2.47. The third-order valence-corrected chi connectivity index (χ3v) is 4.23. The predicted octanol–water partition coefficient (Wildman–Crippen LogP) is 1.86. The Labute approximate surface area is 107 Å². The van der Waals surface area contributed by atoms with Gasteiger partial charge in [0.2, 0.25) is 0 Å². The lowest BCUT2D eigenvalue weighted by Crippen LogP contribution is -2.25. The molecule has 3 nitrogen and oxygen atoms in total. The first kappa shape index (κ1) is 11.7. The largest absolute Gasteiger partial charge is 0.493 e. The SMILES string of the molecule is NCC1(C(=O)CCc2ccc3c(c2)CCO3)CC1. The van der Waals surface area contributed by atoms with Crippen molar-refractivity contribution in [3.8, 4) is 5.75 Å². The van der Waals surface area contributed by atoms with Gasteiger partial charge in [0.05, 0.1) is 6.61 Å². The van der Waals surface area contributed by atoms with E-state index in [0.717, 1.165) is 38.0 Å². The van der Waals surface area contributed by atoms with E-state index in [1.807, 2.05) is 6.07 Å². The van der Waals surface area contributed by atoms with E-state index >= 15 is 0 Å². The summed E-state index contributed by atoms with van der Waals surface area (Å²) in [7, 11) is 0. The smallest absolute Gasteiger partial charge is 0.140 e. The molecule has 18 heavy (non-hydrogen) atoms. The number of aryl methyl sites for hydroxylation is 1. The fourth-order valence-electron chi connectivity index (χ4n) is 2.67. The lowest BCUT2D eigenvalue weighted by Gasteiger charge is -2.10. The van der Waals surface area contributed by atoms with E-state index in [4.69, 9.17) is 10.5 Å². The molecule has 0 spiro atoms. The molecule has 1 fully saturated rings. The van der Waals surface area contributed by atoms with Crippen LogP contribution in [0.1, 0.15) is 30.4 Å². The number of hydrogen-bond acceptors (Lipinski definition) is 3. The van der Waals surface area contributed by atoms with Crippen molar-refractivity contribution < 1.29 is 9.53 Å². The first-order chi connectivity index (χ1) is 8.73. The standard InChI is InChI=1S/C15H19NO2/c16-10-15(6-7-15)14(17)4-2-11-1-3-13-12(9-11)5-8-18-13/h1,3,9H,2,4-8,10,16H2. The molecular weight excluding hydrogens is 226 g/mol. The van der Waals surface area contributed by atoms with Crippen LogP contribution in [0, 0.1) is 5.41 Å². The summed E-state index contributed by atoms with van der Waals surface area (Å²) >= 11 is 0. The van der Waals surface area contributed by atoms with Gasteiger partial charge in [0, 0.05) is 24.8 Å². The molecule has 1 aromatic carbocycles. The van der Waals surface area contributed by atoms with Crippen molar-refractivity contribution >= 4 is 5.78 Å². The van der Waals surface area contributed by atoms with Crippen LogP contribution in [0.3, 0.4) is 0 Å². The Kier molecular flexibility index (Phi) is 2.86. The minimum atomic E-state index is -0.153. The number of nitrogens with two attached hydrogens (primary N) is 1. The van der Waals surface area contributed by atoms with E-state index in [9.17, 15) is 4.79 Å². The molecule has 1 heterocycles. The van der Waals surface area contributed by atoms with Crippen molar-refractivity contribution in [2.75, 3.05) is 13.2 Å². The maximum Gasteiger partial charge on any atom is 0.140 e. The summed E-state index contributed by atoms with van der Waals surface area (Å²) in [6.45, 7) is 1.30. The van der Waals surface area contributed by atoms with E-state index in [2.05, 4.69) is 12.1 Å². The molecule has 1 aliphatic carbocycles. The van der Waals surface area contributed by atoms with Crippen molar-refractivity contribution in [1.29, 1.82) is 0 Å². The molecule has 0 amide bonds. The second-order valence-electron chi connectivity index (χ2n) is 5.45. The van der Waals surface area contributed by atoms with Gasteiger partial charge in [0.1, 0.15) is 11.5 Å².